The van der Waals surface area contributed by atoms with Crippen LogP contribution in [0.2, 0.25) is 0 Å². The lowest BCUT2D eigenvalue weighted by molar-refractivity contribution is 0.424. The molecule has 0 spiro atoms. The molecule has 2 heterocycles. The summed E-state index contributed by atoms with van der Waals surface area (Å²) in [7, 11) is 0. The first-order chi connectivity index (χ1) is 6.29. The predicted molar refractivity (Wildman–Crippen MR) is 46.3 cm³/mol. The summed E-state index contributed by atoms with van der Waals surface area (Å²) in [6, 6.07) is 1.82. The molecule has 68 valence electrons. The van der Waals surface area contributed by atoms with Crippen molar-refractivity contribution in [3.05, 3.63) is 23.9 Å². The van der Waals surface area contributed by atoms with E-state index in [-0.39, 0.29) is 5.88 Å². The van der Waals surface area contributed by atoms with Crippen LogP contribution in [0.3, 0.4) is 0 Å². The van der Waals surface area contributed by atoms with Gasteiger partial charge >= 0.3 is 0 Å². The first kappa shape index (κ1) is 8.31. The van der Waals surface area contributed by atoms with Crippen molar-refractivity contribution in [2.45, 2.75) is 12.8 Å². The number of rotatable bonds is 2. The predicted octanol–water partition coefficient (Wildman–Crippen LogP) is 2.38. The second-order valence-electron chi connectivity index (χ2n) is 2.60. The van der Waals surface area contributed by atoms with Gasteiger partial charge in [0.05, 0.1) is 11.4 Å². The van der Waals surface area contributed by atoms with Gasteiger partial charge in [0.2, 0.25) is 0 Å². The molecule has 13 heavy (non-hydrogen) atoms. The summed E-state index contributed by atoms with van der Waals surface area (Å²) in [5.74, 6) is 1.98. The lowest BCUT2D eigenvalue weighted by Gasteiger charge is -1.80. The maximum absolute atomic E-state index is 5.52. The van der Waals surface area contributed by atoms with Crippen molar-refractivity contribution in [2.75, 3.05) is 0 Å². The molecule has 0 fully saturated rings. The lowest BCUT2D eigenvalue weighted by atomic mass is 10.3. The molecule has 5 heteroatoms. The van der Waals surface area contributed by atoms with Crippen molar-refractivity contribution in [3.8, 4) is 11.5 Å². The quantitative estimate of drug-likeness (QED) is 0.696. The molecule has 2 aromatic rings. The molecule has 0 unspecified atom stereocenters. The van der Waals surface area contributed by atoms with Gasteiger partial charge in [0, 0.05) is 0 Å². The van der Waals surface area contributed by atoms with Gasteiger partial charge in [-0.25, -0.2) is 0 Å². The molecule has 0 aliphatic heterocycles. The van der Waals surface area contributed by atoms with E-state index in [1.807, 2.05) is 13.0 Å². The van der Waals surface area contributed by atoms with Gasteiger partial charge < -0.3 is 8.94 Å². The average molecular weight is 199 g/mol. The fourth-order valence-corrected chi connectivity index (χ4v) is 1.09. The summed E-state index contributed by atoms with van der Waals surface area (Å²) in [6.07, 6.45) is 1.57. The van der Waals surface area contributed by atoms with Crippen LogP contribution in [-0.2, 0) is 5.88 Å². The second-order valence-corrected chi connectivity index (χ2v) is 2.86. The van der Waals surface area contributed by atoms with Crippen molar-refractivity contribution < 1.29 is 8.94 Å². The second kappa shape index (κ2) is 3.22. The van der Waals surface area contributed by atoms with Crippen LogP contribution in [0.5, 0.6) is 0 Å². The Morgan fingerprint density at radius 2 is 2.38 bits per heavy atom. The molecule has 0 aromatic carbocycles. The van der Waals surface area contributed by atoms with E-state index in [0.29, 0.717) is 11.7 Å². The molecular formula is C8H7ClN2O2. The number of hydrogen-bond donors (Lipinski definition) is 0. The van der Waals surface area contributed by atoms with E-state index in [1.165, 1.54) is 0 Å². The summed E-state index contributed by atoms with van der Waals surface area (Å²) in [4.78, 5) is 4.04. The molecule has 2 rings (SSSR count). The smallest absolute Gasteiger partial charge is 0.261 e. The highest BCUT2D eigenvalue weighted by Crippen LogP contribution is 2.19. The Morgan fingerprint density at radius 3 is 2.92 bits per heavy atom. The first-order valence-corrected chi connectivity index (χ1v) is 4.27. The zero-order valence-corrected chi connectivity index (χ0v) is 7.71. The minimum Gasteiger partial charge on any atom is -0.469 e. The van der Waals surface area contributed by atoms with E-state index in [2.05, 4.69) is 10.1 Å². The number of furan rings is 1. The van der Waals surface area contributed by atoms with Gasteiger partial charge in [0.15, 0.2) is 5.82 Å². The van der Waals surface area contributed by atoms with E-state index in [9.17, 15) is 0 Å². The van der Waals surface area contributed by atoms with Crippen LogP contribution in [0.25, 0.3) is 11.5 Å². The Labute approximate surface area is 79.5 Å². The van der Waals surface area contributed by atoms with E-state index >= 15 is 0 Å². The zero-order chi connectivity index (χ0) is 9.26. The van der Waals surface area contributed by atoms with Gasteiger partial charge in [0.25, 0.3) is 5.89 Å². The van der Waals surface area contributed by atoms with Crippen molar-refractivity contribution in [3.63, 3.8) is 0 Å². The average Bonchev–Trinajstić information content (AvgIpc) is 2.71. The van der Waals surface area contributed by atoms with Crippen molar-refractivity contribution in [1.29, 1.82) is 0 Å². The topological polar surface area (TPSA) is 52.1 Å². The standard InChI is InChI=1S/C8H7ClN2O2/c1-5-2-6(4-12-5)8-10-7(3-9)11-13-8/h2,4H,3H2,1H3. The van der Waals surface area contributed by atoms with Gasteiger partial charge in [-0.1, -0.05) is 5.16 Å². The van der Waals surface area contributed by atoms with Crippen LogP contribution in [-0.4, -0.2) is 10.1 Å². The van der Waals surface area contributed by atoms with Gasteiger partial charge in [-0.3, -0.25) is 0 Å². The van der Waals surface area contributed by atoms with Gasteiger partial charge in [-0.05, 0) is 13.0 Å². The summed E-state index contributed by atoms with van der Waals surface area (Å²) >= 11 is 5.52. The Kier molecular flexibility index (Phi) is 2.06. The Hall–Kier alpha value is -1.29. The van der Waals surface area contributed by atoms with Crippen LogP contribution in [0.15, 0.2) is 21.3 Å². The summed E-state index contributed by atoms with van der Waals surface area (Å²) in [5.41, 5.74) is 0.779. The highest BCUT2D eigenvalue weighted by Gasteiger charge is 2.09. The monoisotopic (exact) mass is 198 g/mol. The highest BCUT2D eigenvalue weighted by molar-refractivity contribution is 6.16. The minimum atomic E-state index is 0.250. The Morgan fingerprint density at radius 1 is 1.54 bits per heavy atom. The maximum atomic E-state index is 5.52. The molecule has 2 aromatic heterocycles. The van der Waals surface area contributed by atoms with Crippen molar-refractivity contribution in [1.82, 2.24) is 10.1 Å². The third-order valence-corrected chi connectivity index (χ3v) is 1.80. The maximum Gasteiger partial charge on any atom is 0.261 e. The summed E-state index contributed by atoms with van der Waals surface area (Å²) in [6.45, 7) is 1.85. The van der Waals surface area contributed by atoms with Gasteiger partial charge in [-0.15, -0.1) is 11.6 Å². The number of nitrogens with zero attached hydrogens (tertiary/aromatic N) is 2. The summed E-state index contributed by atoms with van der Waals surface area (Å²) in [5, 5.41) is 3.66. The number of aryl methyl sites for hydroxylation is 1. The number of hydrogen-bond acceptors (Lipinski definition) is 4. The molecule has 0 radical (unpaired) electrons. The largest absolute Gasteiger partial charge is 0.469 e. The Bertz CT molecular complexity index is 408. The third-order valence-electron chi connectivity index (χ3n) is 1.57. The van der Waals surface area contributed by atoms with E-state index in [1.54, 1.807) is 6.26 Å². The molecule has 0 bridgehead atoms. The van der Waals surface area contributed by atoms with Crippen LogP contribution in [0, 0.1) is 6.92 Å². The molecule has 4 nitrogen and oxygen atoms in total. The molecule has 0 aliphatic rings. The number of aromatic nitrogens is 2. The van der Waals surface area contributed by atoms with E-state index < -0.39 is 0 Å². The summed E-state index contributed by atoms with van der Waals surface area (Å²) < 4.78 is 10.1. The van der Waals surface area contributed by atoms with Crippen LogP contribution >= 0.6 is 11.6 Å². The third kappa shape index (κ3) is 1.58. The highest BCUT2D eigenvalue weighted by atomic mass is 35.5. The first-order valence-electron chi connectivity index (χ1n) is 3.73. The molecule has 0 saturated heterocycles. The van der Waals surface area contributed by atoms with Gasteiger partial charge in [0.1, 0.15) is 12.0 Å². The molecule has 0 N–H and O–H groups in total. The SMILES string of the molecule is Cc1cc(-c2nc(CCl)no2)co1. The number of alkyl halides is 1. The van der Waals surface area contributed by atoms with Crippen LogP contribution in [0.4, 0.5) is 0 Å². The van der Waals surface area contributed by atoms with Crippen LogP contribution in [0.1, 0.15) is 11.6 Å². The molecule has 0 atom stereocenters. The molecule has 0 aliphatic carbocycles. The fraction of sp³-hybridized carbons (Fsp3) is 0.250. The molecule has 0 saturated carbocycles. The van der Waals surface area contributed by atoms with Crippen molar-refractivity contribution in [2.24, 2.45) is 0 Å². The zero-order valence-electron chi connectivity index (χ0n) is 6.95. The minimum absolute atomic E-state index is 0.250. The molecular weight excluding hydrogens is 192 g/mol. The van der Waals surface area contributed by atoms with E-state index in [0.717, 1.165) is 11.3 Å². The lowest BCUT2D eigenvalue weighted by Crippen LogP contribution is -1.79. The van der Waals surface area contributed by atoms with Crippen LogP contribution < -0.4 is 0 Å². The van der Waals surface area contributed by atoms with E-state index in [4.69, 9.17) is 20.5 Å². The Balaban J connectivity index is 2.35. The van der Waals surface area contributed by atoms with Crippen molar-refractivity contribution >= 4 is 11.6 Å². The number of halogens is 1. The molecule has 0 amide bonds. The van der Waals surface area contributed by atoms with Gasteiger partial charge in [-0.2, -0.15) is 4.98 Å². The normalized spacial score (nSPS) is 10.6. The fourth-order valence-electron chi connectivity index (χ4n) is 0.981.